The molecule has 3 nitrogen and oxygen atoms in total. The molecule has 6 heteroatoms. The number of likely N-dealkylation sites (tertiary alicyclic amines) is 1. The zero-order valence-electron chi connectivity index (χ0n) is 13.0. The van der Waals surface area contributed by atoms with Gasteiger partial charge in [0.05, 0.1) is 22.5 Å². The van der Waals surface area contributed by atoms with E-state index in [0.717, 1.165) is 30.5 Å². The summed E-state index contributed by atoms with van der Waals surface area (Å²) in [5, 5.41) is 1.06. The van der Waals surface area contributed by atoms with Crippen LogP contribution in [0.3, 0.4) is 0 Å². The van der Waals surface area contributed by atoms with Gasteiger partial charge in [0, 0.05) is 12.2 Å². The minimum atomic E-state index is 0. The fourth-order valence-corrected chi connectivity index (χ4v) is 3.35. The Morgan fingerprint density at radius 1 is 1.12 bits per heavy atom. The van der Waals surface area contributed by atoms with Crippen molar-refractivity contribution in [2.24, 2.45) is 0 Å². The molecule has 0 spiro atoms. The number of anilines is 1. The van der Waals surface area contributed by atoms with Crippen molar-refractivity contribution in [3.8, 4) is 0 Å². The van der Waals surface area contributed by atoms with Crippen molar-refractivity contribution in [2.75, 3.05) is 12.3 Å². The Morgan fingerprint density at radius 2 is 1.83 bits per heavy atom. The van der Waals surface area contributed by atoms with E-state index >= 15 is 0 Å². The monoisotopic (exact) mass is 384 g/mol. The van der Waals surface area contributed by atoms with Crippen LogP contribution in [0, 0.1) is 0 Å². The first kappa shape index (κ1) is 18.9. The molecule has 2 aromatic rings. The van der Waals surface area contributed by atoms with E-state index in [1.165, 1.54) is 0 Å². The third-order valence-corrected chi connectivity index (χ3v) is 4.98. The summed E-state index contributed by atoms with van der Waals surface area (Å²) in [6.45, 7) is 0.777. The first-order valence-electron chi connectivity index (χ1n) is 7.63. The number of hydrogen-bond donors (Lipinski definition) is 1. The van der Waals surface area contributed by atoms with Gasteiger partial charge in [-0.3, -0.25) is 4.79 Å². The van der Waals surface area contributed by atoms with Crippen LogP contribution in [0.1, 0.15) is 30.0 Å². The van der Waals surface area contributed by atoms with Gasteiger partial charge in [0.1, 0.15) is 0 Å². The molecular formula is C18H19Cl3N2O. The lowest BCUT2D eigenvalue weighted by atomic mass is 10.0. The second-order valence-electron chi connectivity index (χ2n) is 5.84. The summed E-state index contributed by atoms with van der Waals surface area (Å²) in [4.78, 5) is 14.6. The van der Waals surface area contributed by atoms with Crippen molar-refractivity contribution < 1.29 is 4.79 Å². The van der Waals surface area contributed by atoms with Gasteiger partial charge < -0.3 is 10.6 Å². The van der Waals surface area contributed by atoms with Crippen molar-refractivity contribution in [3.63, 3.8) is 0 Å². The van der Waals surface area contributed by atoms with Crippen LogP contribution in [0.25, 0.3) is 0 Å². The van der Waals surface area contributed by atoms with Crippen LogP contribution >= 0.6 is 35.6 Å². The number of halogens is 3. The van der Waals surface area contributed by atoms with Crippen LogP contribution in [0.5, 0.6) is 0 Å². The van der Waals surface area contributed by atoms with Gasteiger partial charge >= 0.3 is 0 Å². The van der Waals surface area contributed by atoms with Crippen LogP contribution in [-0.4, -0.2) is 17.4 Å². The number of nitrogens with zero attached hydrogens (tertiary/aromatic N) is 1. The van der Waals surface area contributed by atoms with Crippen molar-refractivity contribution in [3.05, 3.63) is 63.6 Å². The van der Waals surface area contributed by atoms with Crippen molar-refractivity contribution in [1.29, 1.82) is 0 Å². The molecule has 1 amide bonds. The Kier molecular flexibility index (Phi) is 6.39. The Hall–Kier alpha value is -1.42. The number of amides is 1. The summed E-state index contributed by atoms with van der Waals surface area (Å²) >= 11 is 12.1. The van der Waals surface area contributed by atoms with E-state index in [1.807, 2.05) is 41.3 Å². The predicted octanol–water partition coefficient (Wildman–Crippen LogP) is 4.90. The second kappa shape index (κ2) is 8.11. The SMILES string of the molecule is Cl.Nc1ccc(CC(=O)N2CCCC2c2ccc(Cl)c(Cl)c2)cc1. The molecular weight excluding hydrogens is 367 g/mol. The number of carbonyl (C=O) groups excluding carboxylic acids is 1. The number of benzene rings is 2. The quantitative estimate of drug-likeness (QED) is 0.764. The Labute approximate surface area is 158 Å². The van der Waals surface area contributed by atoms with Gasteiger partial charge in [-0.15, -0.1) is 12.4 Å². The number of nitrogens with two attached hydrogens (primary N) is 1. The Morgan fingerprint density at radius 3 is 2.50 bits per heavy atom. The normalized spacial score (nSPS) is 16.8. The summed E-state index contributed by atoms with van der Waals surface area (Å²) in [6, 6.07) is 13.1. The Bertz CT molecular complexity index is 719. The number of hydrogen-bond acceptors (Lipinski definition) is 2. The Balaban J connectivity index is 0.00000208. The number of carbonyl (C=O) groups is 1. The zero-order chi connectivity index (χ0) is 16.4. The van der Waals surface area contributed by atoms with E-state index in [2.05, 4.69) is 0 Å². The molecule has 2 N–H and O–H groups in total. The topological polar surface area (TPSA) is 46.3 Å². The lowest BCUT2D eigenvalue weighted by Gasteiger charge is -2.25. The maximum atomic E-state index is 12.7. The van der Waals surface area contributed by atoms with E-state index in [-0.39, 0.29) is 24.4 Å². The van der Waals surface area contributed by atoms with Crippen LogP contribution < -0.4 is 5.73 Å². The van der Waals surface area contributed by atoms with Gasteiger partial charge in [0.2, 0.25) is 5.91 Å². The molecule has 1 heterocycles. The lowest BCUT2D eigenvalue weighted by Crippen LogP contribution is -2.31. The summed E-state index contributed by atoms with van der Waals surface area (Å²) in [5.74, 6) is 0.128. The highest BCUT2D eigenvalue weighted by Gasteiger charge is 2.30. The molecule has 1 aliphatic rings. The molecule has 128 valence electrons. The predicted molar refractivity (Wildman–Crippen MR) is 102 cm³/mol. The molecule has 1 atom stereocenters. The van der Waals surface area contributed by atoms with Crippen molar-refractivity contribution >= 4 is 47.2 Å². The molecule has 2 aromatic carbocycles. The molecule has 1 saturated heterocycles. The zero-order valence-corrected chi connectivity index (χ0v) is 15.4. The third-order valence-electron chi connectivity index (χ3n) is 4.24. The van der Waals surface area contributed by atoms with Crippen LogP contribution in [0.15, 0.2) is 42.5 Å². The standard InChI is InChI=1S/C18H18Cl2N2O.ClH/c19-15-8-5-13(11-16(15)20)17-2-1-9-22(17)18(23)10-12-3-6-14(21)7-4-12;/h3-8,11,17H,1-2,9-10,21H2;1H. The lowest BCUT2D eigenvalue weighted by molar-refractivity contribution is -0.131. The molecule has 0 radical (unpaired) electrons. The van der Waals surface area contributed by atoms with E-state index in [1.54, 1.807) is 6.07 Å². The highest BCUT2D eigenvalue weighted by molar-refractivity contribution is 6.42. The highest BCUT2D eigenvalue weighted by Crippen LogP contribution is 2.35. The molecule has 0 bridgehead atoms. The fourth-order valence-electron chi connectivity index (χ4n) is 3.04. The van der Waals surface area contributed by atoms with E-state index in [9.17, 15) is 4.79 Å². The molecule has 1 fully saturated rings. The van der Waals surface area contributed by atoms with Gasteiger partial charge in [0.25, 0.3) is 0 Å². The fraction of sp³-hybridized carbons (Fsp3) is 0.278. The molecule has 1 unspecified atom stereocenters. The van der Waals surface area contributed by atoms with Gasteiger partial charge in [-0.25, -0.2) is 0 Å². The minimum Gasteiger partial charge on any atom is -0.399 e. The average molecular weight is 386 g/mol. The first-order chi connectivity index (χ1) is 11.0. The molecule has 0 aromatic heterocycles. The molecule has 3 rings (SSSR count). The van der Waals surface area contributed by atoms with Gasteiger partial charge in [0.15, 0.2) is 0 Å². The van der Waals surface area contributed by atoms with Crippen molar-refractivity contribution in [1.82, 2.24) is 4.90 Å². The van der Waals surface area contributed by atoms with E-state index in [0.29, 0.717) is 22.2 Å². The van der Waals surface area contributed by atoms with Crippen molar-refractivity contribution in [2.45, 2.75) is 25.3 Å². The highest BCUT2D eigenvalue weighted by atomic mass is 35.5. The van der Waals surface area contributed by atoms with Crippen LogP contribution in [0.2, 0.25) is 10.0 Å². The maximum Gasteiger partial charge on any atom is 0.227 e. The largest absolute Gasteiger partial charge is 0.399 e. The van der Waals surface area contributed by atoms with Gasteiger partial charge in [-0.1, -0.05) is 41.4 Å². The second-order valence-corrected chi connectivity index (χ2v) is 6.65. The first-order valence-corrected chi connectivity index (χ1v) is 8.39. The van der Waals surface area contributed by atoms with Gasteiger partial charge in [-0.05, 0) is 48.2 Å². The minimum absolute atomic E-state index is 0. The third kappa shape index (κ3) is 4.15. The molecule has 0 aliphatic carbocycles. The number of rotatable bonds is 3. The average Bonchev–Trinajstić information content (AvgIpc) is 3.02. The van der Waals surface area contributed by atoms with Crippen LogP contribution in [-0.2, 0) is 11.2 Å². The summed E-state index contributed by atoms with van der Waals surface area (Å²) in [7, 11) is 0. The van der Waals surface area contributed by atoms with E-state index < -0.39 is 0 Å². The molecule has 24 heavy (non-hydrogen) atoms. The smallest absolute Gasteiger partial charge is 0.227 e. The summed E-state index contributed by atoms with van der Waals surface area (Å²) < 4.78 is 0. The van der Waals surface area contributed by atoms with E-state index in [4.69, 9.17) is 28.9 Å². The van der Waals surface area contributed by atoms with Crippen LogP contribution in [0.4, 0.5) is 5.69 Å². The summed E-state index contributed by atoms with van der Waals surface area (Å²) in [6.07, 6.45) is 2.34. The maximum absolute atomic E-state index is 12.7. The molecule has 1 aliphatic heterocycles. The number of nitrogen functional groups attached to an aromatic ring is 1. The molecule has 0 saturated carbocycles. The van der Waals surface area contributed by atoms with Gasteiger partial charge in [-0.2, -0.15) is 0 Å². The summed E-state index contributed by atoms with van der Waals surface area (Å²) in [5.41, 5.74) is 8.41.